The Labute approximate surface area is 112 Å². The van der Waals surface area contributed by atoms with Crippen LogP contribution in [0.3, 0.4) is 0 Å². The van der Waals surface area contributed by atoms with Gasteiger partial charge in [0.1, 0.15) is 0 Å². The monoisotopic (exact) mass is 248 g/mol. The molecule has 0 aliphatic rings. The van der Waals surface area contributed by atoms with Gasteiger partial charge in [0.15, 0.2) is 0 Å². The van der Waals surface area contributed by atoms with E-state index >= 15 is 0 Å². The summed E-state index contributed by atoms with van der Waals surface area (Å²) in [6.07, 6.45) is 1.12. The normalized spacial score (nSPS) is 13.3. The predicted molar refractivity (Wildman–Crippen MR) is 78.9 cm³/mol. The van der Waals surface area contributed by atoms with Gasteiger partial charge in [-0.15, -0.1) is 0 Å². The van der Waals surface area contributed by atoms with Crippen LogP contribution in [0.5, 0.6) is 0 Å². The minimum atomic E-state index is 0.559. The first-order chi connectivity index (χ1) is 8.40. The number of nitrogens with zero attached hydrogens (tertiary/aromatic N) is 1. The maximum atomic E-state index is 4.56. The molecule has 0 fully saturated rings. The fourth-order valence-corrected chi connectivity index (χ4v) is 2.14. The van der Waals surface area contributed by atoms with E-state index in [0.29, 0.717) is 17.9 Å². The van der Waals surface area contributed by atoms with Gasteiger partial charge in [-0.1, -0.05) is 33.8 Å². The Morgan fingerprint density at radius 2 is 1.78 bits per heavy atom. The summed E-state index contributed by atoms with van der Waals surface area (Å²) in [6, 6.07) is 4.92. The first-order valence-electron chi connectivity index (χ1n) is 7.06. The number of aryl methyl sites for hydroxylation is 2. The molecule has 18 heavy (non-hydrogen) atoms. The second-order valence-corrected chi connectivity index (χ2v) is 5.97. The topological polar surface area (TPSA) is 24.9 Å². The van der Waals surface area contributed by atoms with Gasteiger partial charge >= 0.3 is 0 Å². The summed E-state index contributed by atoms with van der Waals surface area (Å²) in [5.41, 5.74) is 3.69. The van der Waals surface area contributed by atoms with Crippen molar-refractivity contribution in [3.8, 4) is 0 Å². The van der Waals surface area contributed by atoms with Gasteiger partial charge in [-0.3, -0.25) is 4.98 Å². The van der Waals surface area contributed by atoms with Crippen LogP contribution < -0.4 is 5.32 Å². The second-order valence-electron chi connectivity index (χ2n) is 5.97. The summed E-state index contributed by atoms with van der Waals surface area (Å²) in [4.78, 5) is 4.56. The Morgan fingerprint density at radius 3 is 2.28 bits per heavy atom. The fourth-order valence-electron chi connectivity index (χ4n) is 2.14. The van der Waals surface area contributed by atoms with Crippen LogP contribution in [0.2, 0.25) is 0 Å². The van der Waals surface area contributed by atoms with Gasteiger partial charge in [-0.25, -0.2) is 0 Å². The molecule has 102 valence electrons. The van der Waals surface area contributed by atoms with Gasteiger partial charge in [0.25, 0.3) is 0 Å². The van der Waals surface area contributed by atoms with Crippen molar-refractivity contribution in [3.05, 3.63) is 29.1 Å². The van der Waals surface area contributed by atoms with E-state index < -0.39 is 0 Å². The van der Waals surface area contributed by atoms with Crippen LogP contribution in [0, 0.1) is 25.7 Å². The van der Waals surface area contributed by atoms with E-state index in [-0.39, 0.29) is 0 Å². The minimum absolute atomic E-state index is 0.559. The van der Waals surface area contributed by atoms with Crippen molar-refractivity contribution >= 4 is 0 Å². The largest absolute Gasteiger partial charge is 0.314 e. The highest BCUT2D eigenvalue weighted by Crippen LogP contribution is 2.19. The van der Waals surface area contributed by atoms with E-state index in [1.807, 2.05) is 0 Å². The molecule has 0 radical (unpaired) electrons. The van der Waals surface area contributed by atoms with E-state index in [2.05, 4.69) is 64.0 Å². The van der Waals surface area contributed by atoms with Crippen LogP contribution in [0.25, 0.3) is 0 Å². The lowest BCUT2D eigenvalue weighted by atomic mass is 9.88. The lowest BCUT2D eigenvalue weighted by Gasteiger charge is -2.23. The molecule has 1 rings (SSSR count). The molecule has 1 unspecified atom stereocenters. The summed E-state index contributed by atoms with van der Waals surface area (Å²) >= 11 is 0. The van der Waals surface area contributed by atoms with Crippen LogP contribution >= 0.6 is 0 Å². The van der Waals surface area contributed by atoms with Crippen LogP contribution in [0.1, 0.15) is 44.6 Å². The standard InChI is InChI=1S/C16H28N2/c1-11(2)16(10-17-12(3)4)9-15-8-7-13(5)18-14(15)6/h7-8,11-12,16-17H,9-10H2,1-6H3. The van der Waals surface area contributed by atoms with Crippen molar-refractivity contribution in [1.29, 1.82) is 0 Å². The van der Waals surface area contributed by atoms with E-state index in [1.54, 1.807) is 0 Å². The fraction of sp³-hybridized carbons (Fsp3) is 0.688. The maximum Gasteiger partial charge on any atom is 0.0407 e. The van der Waals surface area contributed by atoms with Crippen molar-refractivity contribution in [2.45, 2.75) is 54.0 Å². The van der Waals surface area contributed by atoms with Crippen LogP contribution in [-0.2, 0) is 6.42 Å². The van der Waals surface area contributed by atoms with Gasteiger partial charge < -0.3 is 5.32 Å². The summed E-state index contributed by atoms with van der Waals surface area (Å²) < 4.78 is 0. The number of rotatable bonds is 6. The third kappa shape index (κ3) is 4.77. The summed E-state index contributed by atoms with van der Waals surface area (Å²) in [7, 11) is 0. The van der Waals surface area contributed by atoms with Crippen molar-refractivity contribution in [1.82, 2.24) is 10.3 Å². The Kier molecular flexibility index (Phi) is 5.80. The molecular formula is C16H28N2. The molecule has 0 amide bonds. The van der Waals surface area contributed by atoms with Crippen molar-refractivity contribution < 1.29 is 0 Å². The van der Waals surface area contributed by atoms with Gasteiger partial charge in [0.05, 0.1) is 0 Å². The Balaban J connectivity index is 2.70. The summed E-state index contributed by atoms with van der Waals surface area (Å²) in [5.74, 6) is 1.37. The number of hydrogen-bond donors (Lipinski definition) is 1. The van der Waals surface area contributed by atoms with E-state index in [0.717, 1.165) is 18.7 Å². The SMILES string of the molecule is Cc1ccc(CC(CNC(C)C)C(C)C)c(C)n1. The van der Waals surface area contributed by atoms with Gasteiger partial charge in [0.2, 0.25) is 0 Å². The smallest absolute Gasteiger partial charge is 0.0407 e. The Hall–Kier alpha value is -0.890. The van der Waals surface area contributed by atoms with E-state index in [4.69, 9.17) is 0 Å². The molecule has 0 saturated heterocycles. The summed E-state index contributed by atoms with van der Waals surface area (Å²) in [5, 5.41) is 3.56. The van der Waals surface area contributed by atoms with Crippen molar-refractivity contribution in [3.63, 3.8) is 0 Å². The number of nitrogens with one attached hydrogen (secondary N) is 1. The van der Waals surface area contributed by atoms with Gasteiger partial charge in [-0.05, 0) is 50.3 Å². The highest BCUT2D eigenvalue weighted by Gasteiger charge is 2.15. The van der Waals surface area contributed by atoms with Gasteiger partial charge in [0, 0.05) is 17.4 Å². The zero-order valence-electron chi connectivity index (χ0n) is 12.7. The molecule has 0 bridgehead atoms. The number of pyridine rings is 1. The second kappa shape index (κ2) is 6.89. The molecule has 0 spiro atoms. The third-order valence-electron chi connectivity index (χ3n) is 3.55. The maximum absolute atomic E-state index is 4.56. The molecule has 1 N–H and O–H groups in total. The van der Waals surface area contributed by atoms with Crippen molar-refractivity contribution in [2.75, 3.05) is 6.54 Å². The predicted octanol–water partition coefficient (Wildman–Crippen LogP) is 3.51. The molecule has 1 aromatic rings. The molecule has 0 saturated carbocycles. The first kappa shape index (κ1) is 15.2. The van der Waals surface area contributed by atoms with Crippen LogP contribution in [0.4, 0.5) is 0 Å². The molecule has 1 atom stereocenters. The minimum Gasteiger partial charge on any atom is -0.314 e. The van der Waals surface area contributed by atoms with E-state index in [1.165, 1.54) is 11.3 Å². The molecule has 2 heteroatoms. The lowest BCUT2D eigenvalue weighted by molar-refractivity contribution is 0.348. The molecule has 0 aliphatic carbocycles. The molecule has 0 aromatic carbocycles. The number of aromatic nitrogens is 1. The zero-order valence-corrected chi connectivity index (χ0v) is 12.7. The Morgan fingerprint density at radius 1 is 1.11 bits per heavy atom. The average molecular weight is 248 g/mol. The molecule has 1 heterocycles. The number of hydrogen-bond acceptors (Lipinski definition) is 2. The zero-order chi connectivity index (χ0) is 13.7. The van der Waals surface area contributed by atoms with Gasteiger partial charge in [-0.2, -0.15) is 0 Å². The highest BCUT2D eigenvalue weighted by atomic mass is 14.9. The molecule has 0 aliphatic heterocycles. The van der Waals surface area contributed by atoms with Crippen molar-refractivity contribution in [2.24, 2.45) is 11.8 Å². The van der Waals surface area contributed by atoms with E-state index in [9.17, 15) is 0 Å². The molecular weight excluding hydrogens is 220 g/mol. The lowest BCUT2D eigenvalue weighted by Crippen LogP contribution is -2.32. The van der Waals surface area contributed by atoms with Crippen LogP contribution in [0.15, 0.2) is 12.1 Å². The molecule has 1 aromatic heterocycles. The van der Waals surface area contributed by atoms with Crippen LogP contribution in [-0.4, -0.2) is 17.6 Å². The summed E-state index contributed by atoms with van der Waals surface area (Å²) in [6.45, 7) is 14.3. The molecule has 2 nitrogen and oxygen atoms in total. The average Bonchev–Trinajstić information content (AvgIpc) is 2.26. The first-order valence-corrected chi connectivity index (χ1v) is 7.06. The Bertz CT molecular complexity index is 369. The third-order valence-corrected chi connectivity index (χ3v) is 3.55. The highest BCUT2D eigenvalue weighted by molar-refractivity contribution is 5.22. The quantitative estimate of drug-likeness (QED) is 0.833.